The quantitative estimate of drug-likeness (QED) is 0.731. The summed E-state index contributed by atoms with van der Waals surface area (Å²) in [6, 6.07) is 4.15. The highest BCUT2D eigenvalue weighted by Crippen LogP contribution is 2.27. The first-order valence-corrected chi connectivity index (χ1v) is 6.69. The van der Waals surface area contributed by atoms with Gasteiger partial charge in [-0.05, 0) is 12.2 Å². The van der Waals surface area contributed by atoms with E-state index in [1.807, 2.05) is 12.2 Å². The normalized spacial score (nSPS) is 20.1. The van der Waals surface area contributed by atoms with Crippen LogP contribution in [0.5, 0.6) is 0 Å². The molecule has 0 radical (unpaired) electrons. The van der Waals surface area contributed by atoms with Gasteiger partial charge in [0.25, 0.3) is 5.23 Å². The maximum absolute atomic E-state index is 8.65. The summed E-state index contributed by atoms with van der Waals surface area (Å²) in [7, 11) is 0. The van der Waals surface area contributed by atoms with Gasteiger partial charge < -0.3 is 4.74 Å². The number of hydrazone groups is 1. The molecular formula is C12H11N5OS. The van der Waals surface area contributed by atoms with Gasteiger partial charge in [0.05, 0.1) is 25.1 Å². The molecule has 6 nitrogen and oxygen atoms in total. The highest BCUT2D eigenvalue weighted by Gasteiger charge is 2.25. The molecule has 0 bridgehead atoms. The Balaban J connectivity index is 2.07. The van der Waals surface area contributed by atoms with Gasteiger partial charge in [0.1, 0.15) is 5.70 Å². The molecule has 19 heavy (non-hydrogen) atoms. The van der Waals surface area contributed by atoms with Crippen LogP contribution in [-0.4, -0.2) is 28.8 Å². The number of thioether (sulfide) groups is 1. The molecule has 0 aromatic rings. The maximum Gasteiger partial charge on any atom is 0.274 e. The molecule has 0 aromatic carbocycles. The van der Waals surface area contributed by atoms with Crippen LogP contribution in [0, 0.1) is 22.7 Å². The lowest BCUT2D eigenvalue weighted by atomic mass is 10.4. The number of hydrogen-bond acceptors (Lipinski definition) is 7. The van der Waals surface area contributed by atoms with Crippen molar-refractivity contribution in [3.05, 3.63) is 23.7 Å². The molecule has 0 amide bonds. The molecule has 0 saturated carbocycles. The van der Waals surface area contributed by atoms with Gasteiger partial charge in [-0.25, -0.2) is 5.01 Å². The lowest BCUT2D eigenvalue weighted by Gasteiger charge is -2.12. The molecule has 0 atom stereocenters. The summed E-state index contributed by atoms with van der Waals surface area (Å²) in [5.74, 6) is 1.17. The van der Waals surface area contributed by atoms with Crippen LogP contribution in [0.1, 0.15) is 12.8 Å². The van der Waals surface area contributed by atoms with Gasteiger partial charge in [0.15, 0.2) is 0 Å². The molecule has 96 valence electrons. The first-order chi connectivity index (χ1) is 9.35. The number of ether oxygens (including phenoxy) is 1. The first kappa shape index (κ1) is 13.2. The Labute approximate surface area is 115 Å². The van der Waals surface area contributed by atoms with Crippen molar-refractivity contribution in [3.63, 3.8) is 0 Å². The van der Waals surface area contributed by atoms with E-state index in [9.17, 15) is 0 Å². The van der Waals surface area contributed by atoms with Gasteiger partial charge in [-0.3, -0.25) is 4.99 Å². The fraction of sp³-hybridized carbons (Fsp3) is 0.333. The van der Waals surface area contributed by atoms with Gasteiger partial charge in [0.2, 0.25) is 5.88 Å². The van der Waals surface area contributed by atoms with Crippen molar-refractivity contribution in [2.45, 2.75) is 12.8 Å². The zero-order valence-electron chi connectivity index (χ0n) is 10.1. The minimum absolute atomic E-state index is 0.354. The maximum atomic E-state index is 8.65. The Morgan fingerprint density at radius 2 is 2.16 bits per heavy atom. The van der Waals surface area contributed by atoms with E-state index in [0.29, 0.717) is 41.9 Å². The molecule has 2 rings (SSSR count). The van der Waals surface area contributed by atoms with Crippen molar-refractivity contribution < 1.29 is 4.74 Å². The van der Waals surface area contributed by atoms with Crippen LogP contribution in [0.2, 0.25) is 0 Å². The van der Waals surface area contributed by atoms with Crippen molar-refractivity contribution in [1.82, 2.24) is 5.01 Å². The monoisotopic (exact) mass is 273 g/mol. The molecule has 7 heteroatoms. The van der Waals surface area contributed by atoms with Gasteiger partial charge >= 0.3 is 0 Å². The molecule has 2 aliphatic rings. The van der Waals surface area contributed by atoms with Crippen molar-refractivity contribution in [2.75, 3.05) is 12.3 Å². The third kappa shape index (κ3) is 3.36. The second-order valence-electron chi connectivity index (χ2n) is 3.58. The minimum Gasteiger partial charge on any atom is -0.412 e. The number of allylic oxidation sites excluding steroid dienone is 2. The van der Waals surface area contributed by atoms with Crippen LogP contribution in [0.15, 0.2) is 33.8 Å². The van der Waals surface area contributed by atoms with E-state index in [-0.39, 0.29) is 0 Å². The Kier molecular flexibility index (Phi) is 4.60. The lowest BCUT2D eigenvalue weighted by Crippen LogP contribution is -2.15. The van der Waals surface area contributed by atoms with E-state index < -0.39 is 0 Å². The van der Waals surface area contributed by atoms with Gasteiger partial charge in [-0.15, -0.1) is 5.10 Å². The predicted molar refractivity (Wildman–Crippen MR) is 72.8 cm³/mol. The van der Waals surface area contributed by atoms with Crippen molar-refractivity contribution >= 4 is 23.2 Å². The van der Waals surface area contributed by atoms with Crippen LogP contribution < -0.4 is 0 Å². The van der Waals surface area contributed by atoms with Crippen molar-refractivity contribution in [3.8, 4) is 12.1 Å². The second kappa shape index (κ2) is 6.62. The largest absolute Gasteiger partial charge is 0.412 e. The average Bonchev–Trinajstić information content (AvgIpc) is 3.05. The highest BCUT2D eigenvalue weighted by molar-refractivity contribution is 8.13. The fourth-order valence-corrected chi connectivity index (χ4v) is 2.12. The summed E-state index contributed by atoms with van der Waals surface area (Å²) in [5.41, 5.74) is 0.692. The molecule has 0 aromatic heterocycles. The molecule has 0 N–H and O–H groups in total. The standard InChI is InChI=1S/C12H11N5OS/c13-5-2-8-17-11(10-4-1-7-15-10)18-12(16-17)19-9-3-6-14/h1,4,7H,2-3,8-9H2/b11-10-. The molecule has 2 aliphatic heterocycles. The van der Waals surface area contributed by atoms with E-state index in [1.165, 1.54) is 11.8 Å². The molecule has 0 fully saturated rings. The third-order valence-electron chi connectivity index (χ3n) is 2.27. The summed E-state index contributed by atoms with van der Waals surface area (Å²) in [6.07, 6.45) is 6.11. The smallest absolute Gasteiger partial charge is 0.274 e. The number of nitrogens with zero attached hydrogens (tertiary/aromatic N) is 5. The van der Waals surface area contributed by atoms with Gasteiger partial charge in [-0.2, -0.15) is 10.5 Å². The molecule has 0 saturated heterocycles. The Hall–Kier alpha value is -2.25. The van der Waals surface area contributed by atoms with Crippen LogP contribution in [-0.2, 0) is 4.74 Å². The fourth-order valence-electron chi connectivity index (χ4n) is 1.46. The Bertz CT molecular complexity index is 535. The van der Waals surface area contributed by atoms with E-state index in [2.05, 4.69) is 22.2 Å². The highest BCUT2D eigenvalue weighted by atomic mass is 32.2. The summed E-state index contributed by atoms with van der Waals surface area (Å²) in [5, 5.41) is 23.6. The molecular weight excluding hydrogens is 262 g/mol. The number of rotatable bonds is 4. The number of aliphatic imine (C=N–C) groups is 1. The van der Waals surface area contributed by atoms with Gasteiger partial charge in [0, 0.05) is 18.4 Å². The van der Waals surface area contributed by atoms with Crippen molar-refractivity contribution in [2.24, 2.45) is 10.1 Å². The van der Waals surface area contributed by atoms with E-state index in [4.69, 9.17) is 15.3 Å². The summed E-state index contributed by atoms with van der Waals surface area (Å²) < 4.78 is 5.64. The zero-order valence-corrected chi connectivity index (χ0v) is 10.9. The average molecular weight is 273 g/mol. The summed E-state index contributed by atoms with van der Waals surface area (Å²) in [4.78, 5) is 4.17. The molecule has 0 unspecified atom stereocenters. The number of hydrogen-bond donors (Lipinski definition) is 0. The predicted octanol–water partition coefficient (Wildman–Crippen LogP) is 1.96. The van der Waals surface area contributed by atoms with E-state index in [1.54, 1.807) is 11.2 Å². The second-order valence-corrected chi connectivity index (χ2v) is 4.63. The zero-order chi connectivity index (χ0) is 13.5. The molecule has 0 spiro atoms. The summed E-state index contributed by atoms with van der Waals surface area (Å²) >= 11 is 1.38. The first-order valence-electron chi connectivity index (χ1n) is 5.71. The summed E-state index contributed by atoms with van der Waals surface area (Å²) in [6.45, 7) is 0.459. The lowest BCUT2D eigenvalue weighted by molar-refractivity contribution is 0.268. The Morgan fingerprint density at radius 1 is 1.32 bits per heavy atom. The van der Waals surface area contributed by atoms with Crippen LogP contribution in [0.25, 0.3) is 0 Å². The Morgan fingerprint density at radius 3 is 2.84 bits per heavy atom. The van der Waals surface area contributed by atoms with Crippen LogP contribution in [0.4, 0.5) is 0 Å². The van der Waals surface area contributed by atoms with Crippen LogP contribution in [0.3, 0.4) is 0 Å². The minimum atomic E-state index is 0.354. The molecule has 2 heterocycles. The topological polar surface area (TPSA) is 84.8 Å². The van der Waals surface area contributed by atoms with Crippen LogP contribution >= 0.6 is 11.8 Å². The number of nitriles is 2. The van der Waals surface area contributed by atoms with E-state index in [0.717, 1.165) is 0 Å². The van der Waals surface area contributed by atoms with Gasteiger partial charge in [-0.1, -0.05) is 11.8 Å². The SMILES string of the molecule is N#CCCSC1=NN(CCC#N)/C(=C2\C=CC=N2)O1. The van der Waals surface area contributed by atoms with Crippen molar-refractivity contribution in [1.29, 1.82) is 10.5 Å². The van der Waals surface area contributed by atoms with E-state index >= 15 is 0 Å². The third-order valence-corrected chi connectivity index (χ3v) is 3.09. The molecule has 0 aliphatic carbocycles.